The highest BCUT2D eigenvalue weighted by Gasteiger charge is 2.14. The average Bonchev–Trinajstić information content (AvgIpc) is 2.50. The van der Waals surface area contributed by atoms with E-state index in [1.54, 1.807) is 0 Å². The number of hydrogen-bond donors (Lipinski definition) is 1. The van der Waals surface area contributed by atoms with E-state index in [4.69, 9.17) is 11.6 Å². The second kappa shape index (κ2) is 3.91. The molecule has 0 saturated carbocycles. The van der Waals surface area contributed by atoms with Crippen LogP contribution >= 0.6 is 27.5 Å². The molecule has 0 aromatic heterocycles. The maximum absolute atomic E-state index is 5.95. The zero-order valence-electron chi connectivity index (χ0n) is 7.72. The third-order valence-corrected chi connectivity index (χ3v) is 2.72. The molecular weight excluding hydrogens is 263 g/mol. The van der Waals surface area contributed by atoms with E-state index in [0.29, 0.717) is 6.04 Å². The SMILES string of the molecule is CC1CN=C(c2cc(Cl)cc(Br)c2)N1. The number of aliphatic imine (C=N–C) groups is 1. The van der Waals surface area contributed by atoms with E-state index in [-0.39, 0.29) is 0 Å². The summed E-state index contributed by atoms with van der Waals surface area (Å²) in [6.45, 7) is 2.94. The van der Waals surface area contributed by atoms with Crippen LogP contribution < -0.4 is 5.32 Å². The second-order valence-electron chi connectivity index (χ2n) is 3.39. The monoisotopic (exact) mass is 272 g/mol. The first-order chi connectivity index (χ1) is 6.65. The molecule has 0 radical (unpaired) electrons. The number of rotatable bonds is 1. The topological polar surface area (TPSA) is 24.4 Å². The van der Waals surface area contributed by atoms with E-state index in [9.17, 15) is 0 Å². The summed E-state index contributed by atoms with van der Waals surface area (Å²) < 4.78 is 0.976. The number of nitrogens with zero attached hydrogens (tertiary/aromatic N) is 1. The molecule has 14 heavy (non-hydrogen) atoms. The molecule has 1 unspecified atom stereocenters. The molecule has 74 valence electrons. The van der Waals surface area contributed by atoms with Gasteiger partial charge in [-0.05, 0) is 25.1 Å². The number of amidine groups is 1. The molecule has 1 aliphatic heterocycles. The van der Waals surface area contributed by atoms with E-state index < -0.39 is 0 Å². The van der Waals surface area contributed by atoms with Gasteiger partial charge in [0.05, 0.1) is 6.54 Å². The molecule has 0 fully saturated rings. The second-order valence-corrected chi connectivity index (χ2v) is 4.74. The van der Waals surface area contributed by atoms with Crippen LogP contribution in [-0.4, -0.2) is 18.4 Å². The van der Waals surface area contributed by atoms with Crippen molar-refractivity contribution < 1.29 is 0 Å². The van der Waals surface area contributed by atoms with Gasteiger partial charge in [-0.25, -0.2) is 0 Å². The lowest BCUT2D eigenvalue weighted by atomic mass is 10.2. The smallest absolute Gasteiger partial charge is 0.128 e. The standard InChI is InChI=1S/C10H10BrClN2/c1-6-5-13-10(14-6)7-2-8(11)4-9(12)3-7/h2-4,6H,5H2,1H3,(H,13,14). The van der Waals surface area contributed by atoms with Crippen molar-refractivity contribution in [2.45, 2.75) is 13.0 Å². The molecule has 1 aromatic carbocycles. The van der Waals surface area contributed by atoms with Crippen molar-refractivity contribution in [3.63, 3.8) is 0 Å². The minimum Gasteiger partial charge on any atom is -0.366 e. The number of benzene rings is 1. The lowest BCUT2D eigenvalue weighted by Gasteiger charge is -2.06. The van der Waals surface area contributed by atoms with E-state index in [2.05, 4.69) is 33.2 Å². The van der Waals surface area contributed by atoms with Gasteiger partial charge in [-0.1, -0.05) is 27.5 Å². The molecule has 1 atom stereocenters. The molecule has 4 heteroatoms. The van der Waals surface area contributed by atoms with Crippen molar-refractivity contribution in [2.75, 3.05) is 6.54 Å². The van der Waals surface area contributed by atoms with Crippen LogP contribution in [0, 0.1) is 0 Å². The summed E-state index contributed by atoms with van der Waals surface area (Å²) >= 11 is 9.36. The molecular formula is C10H10BrClN2. The molecule has 2 nitrogen and oxygen atoms in total. The average molecular weight is 274 g/mol. The van der Waals surface area contributed by atoms with Crippen molar-refractivity contribution in [1.29, 1.82) is 0 Å². The molecule has 1 aliphatic rings. The highest BCUT2D eigenvalue weighted by atomic mass is 79.9. The lowest BCUT2D eigenvalue weighted by Crippen LogP contribution is -2.27. The summed E-state index contributed by atoms with van der Waals surface area (Å²) in [5.41, 5.74) is 1.04. The van der Waals surface area contributed by atoms with Crippen molar-refractivity contribution in [2.24, 2.45) is 4.99 Å². The molecule has 2 rings (SSSR count). The summed E-state index contributed by atoms with van der Waals surface area (Å²) in [6, 6.07) is 6.21. The molecule has 0 amide bonds. The summed E-state index contributed by atoms with van der Waals surface area (Å²) in [6.07, 6.45) is 0. The van der Waals surface area contributed by atoms with E-state index in [0.717, 1.165) is 27.4 Å². The molecule has 0 saturated heterocycles. The van der Waals surface area contributed by atoms with Gasteiger partial charge in [0.15, 0.2) is 0 Å². The first-order valence-corrected chi connectivity index (χ1v) is 5.60. The Hall–Kier alpha value is -0.540. The van der Waals surface area contributed by atoms with Crippen molar-refractivity contribution in [3.05, 3.63) is 33.3 Å². The molecule has 1 aromatic rings. The fourth-order valence-electron chi connectivity index (χ4n) is 1.42. The van der Waals surface area contributed by atoms with Crippen LogP contribution in [0.1, 0.15) is 12.5 Å². The van der Waals surface area contributed by atoms with Crippen LogP contribution in [0.25, 0.3) is 0 Å². The summed E-state index contributed by atoms with van der Waals surface area (Å²) in [7, 11) is 0. The summed E-state index contributed by atoms with van der Waals surface area (Å²) in [5.74, 6) is 0.931. The fraction of sp³-hybridized carbons (Fsp3) is 0.300. The number of hydrogen-bond acceptors (Lipinski definition) is 2. The van der Waals surface area contributed by atoms with Crippen molar-refractivity contribution in [3.8, 4) is 0 Å². The van der Waals surface area contributed by atoms with Crippen LogP contribution in [0.5, 0.6) is 0 Å². The van der Waals surface area contributed by atoms with E-state index in [1.165, 1.54) is 0 Å². The molecule has 0 aliphatic carbocycles. The van der Waals surface area contributed by atoms with E-state index >= 15 is 0 Å². The van der Waals surface area contributed by atoms with Gasteiger partial charge in [-0.15, -0.1) is 0 Å². The van der Waals surface area contributed by atoms with Gasteiger partial charge in [-0.3, -0.25) is 4.99 Å². The maximum atomic E-state index is 5.95. The number of nitrogens with one attached hydrogen (secondary N) is 1. The van der Waals surface area contributed by atoms with E-state index in [1.807, 2.05) is 18.2 Å². The van der Waals surface area contributed by atoms with Crippen LogP contribution in [0.3, 0.4) is 0 Å². The predicted octanol–water partition coefficient (Wildman–Crippen LogP) is 2.84. The highest BCUT2D eigenvalue weighted by molar-refractivity contribution is 9.10. The maximum Gasteiger partial charge on any atom is 0.128 e. The Morgan fingerprint density at radius 1 is 1.50 bits per heavy atom. The van der Waals surface area contributed by atoms with Crippen molar-refractivity contribution >= 4 is 33.4 Å². The first kappa shape index (κ1) is 9.99. The quantitative estimate of drug-likeness (QED) is 0.836. The number of halogens is 2. The summed E-state index contributed by atoms with van der Waals surface area (Å²) in [4.78, 5) is 4.40. The Labute approximate surface area is 96.5 Å². The first-order valence-electron chi connectivity index (χ1n) is 4.42. The Kier molecular flexibility index (Phi) is 2.79. The van der Waals surface area contributed by atoms with Gasteiger partial charge in [-0.2, -0.15) is 0 Å². The Bertz CT molecular complexity index is 369. The Morgan fingerprint density at radius 2 is 2.29 bits per heavy atom. The fourth-order valence-corrected chi connectivity index (χ4v) is 2.28. The Morgan fingerprint density at radius 3 is 2.86 bits per heavy atom. The normalized spacial score (nSPS) is 20.5. The van der Waals surface area contributed by atoms with Gasteiger partial charge in [0.1, 0.15) is 5.84 Å². The minimum atomic E-state index is 0.419. The lowest BCUT2D eigenvalue weighted by molar-refractivity contribution is 0.726. The Balaban J connectivity index is 2.33. The largest absolute Gasteiger partial charge is 0.366 e. The molecule has 1 N–H and O–H groups in total. The highest BCUT2D eigenvalue weighted by Crippen LogP contribution is 2.20. The van der Waals surface area contributed by atoms with Crippen LogP contribution in [0.4, 0.5) is 0 Å². The van der Waals surface area contributed by atoms with Crippen molar-refractivity contribution in [1.82, 2.24) is 5.32 Å². The molecule has 0 spiro atoms. The van der Waals surface area contributed by atoms with Crippen LogP contribution in [-0.2, 0) is 0 Å². The molecule has 1 heterocycles. The predicted molar refractivity (Wildman–Crippen MR) is 63.2 cm³/mol. The van der Waals surface area contributed by atoms with Crippen LogP contribution in [0.2, 0.25) is 5.02 Å². The zero-order chi connectivity index (χ0) is 10.1. The third kappa shape index (κ3) is 2.10. The minimum absolute atomic E-state index is 0.419. The van der Waals surface area contributed by atoms with Gasteiger partial charge in [0, 0.05) is 21.1 Å². The molecule has 0 bridgehead atoms. The summed E-state index contributed by atoms with van der Waals surface area (Å²) in [5, 5.41) is 4.02. The van der Waals surface area contributed by atoms with Gasteiger partial charge in [0.25, 0.3) is 0 Å². The van der Waals surface area contributed by atoms with Crippen LogP contribution in [0.15, 0.2) is 27.7 Å². The third-order valence-electron chi connectivity index (χ3n) is 2.04. The van der Waals surface area contributed by atoms with Gasteiger partial charge < -0.3 is 5.32 Å². The zero-order valence-corrected chi connectivity index (χ0v) is 10.1. The van der Waals surface area contributed by atoms with Gasteiger partial charge in [0.2, 0.25) is 0 Å². The van der Waals surface area contributed by atoms with Gasteiger partial charge >= 0.3 is 0 Å².